The van der Waals surface area contributed by atoms with Gasteiger partial charge >= 0.3 is 0 Å². The number of rotatable bonds is 3. The third-order valence-corrected chi connectivity index (χ3v) is 3.49. The van der Waals surface area contributed by atoms with Gasteiger partial charge in [0.2, 0.25) is 0 Å². The smallest absolute Gasteiger partial charge is 0.0572 e. The van der Waals surface area contributed by atoms with Crippen molar-refractivity contribution in [3.05, 3.63) is 0 Å². The number of aliphatic hydroxyl groups is 1. The Balaban J connectivity index is 2.21. The Kier molecular flexibility index (Phi) is 2.64. The lowest BCUT2D eigenvalue weighted by molar-refractivity contribution is 0.264. The molecule has 0 bridgehead atoms. The molecule has 1 N–H and O–H groups in total. The Hall–Kier alpha value is 0.310. The second-order valence-corrected chi connectivity index (χ2v) is 5.60. The molecule has 1 aliphatic rings. The van der Waals surface area contributed by atoms with Crippen LogP contribution in [0.25, 0.3) is 0 Å². The zero-order valence-electron chi connectivity index (χ0n) is 6.76. The van der Waals surface area contributed by atoms with E-state index in [9.17, 15) is 0 Å². The lowest BCUT2D eigenvalue weighted by Crippen LogP contribution is -2.27. The van der Waals surface area contributed by atoms with Gasteiger partial charge in [0.1, 0.15) is 0 Å². The van der Waals surface area contributed by atoms with Crippen molar-refractivity contribution in [1.29, 1.82) is 0 Å². The first kappa shape index (κ1) is 8.41. The van der Waals surface area contributed by atoms with Crippen LogP contribution in [0.15, 0.2) is 0 Å². The van der Waals surface area contributed by atoms with Crippen LogP contribution in [0.5, 0.6) is 0 Å². The van der Waals surface area contributed by atoms with Crippen LogP contribution in [0.3, 0.4) is 0 Å². The van der Waals surface area contributed by atoms with Crippen molar-refractivity contribution >= 4 is 11.8 Å². The van der Waals surface area contributed by atoms with Gasteiger partial charge in [0, 0.05) is 10.00 Å². The molecule has 0 aliphatic heterocycles. The van der Waals surface area contributed by atoms with E-state index in [4.69, 9.17) is 5.11 Å². The molecule has 10 heavy (non-hydrogen) atoms. The van der Waals surface area contributed by atoms with Crippen molar-refractivity contribution in [2.75, 3.05) is 6.61 Å². The summed E-state index contributed by atoms with van der Waals surface area (Å²) in [7, 11) is 0. The topological polar surface area (TPSA) is 20.2 Å². The van der Waals surface area contributed by atoms with Crippen molar-refractivity contribution in [1.82, 2.24) is 0 Å². The Labute approximate surface area is 67.2 Å². The summed E-state index contributed by atoms with van der Waals surface area (Å²) in [6.07, 6.45) is 4.10. The molecule has 0 radical (unpaired) electrons. The van der Waals surface area contributed by atoms with Crippen LogP contribution in [-0.2, 0) is 0 Å². The van der Waals surface area contributed by atoms with Gasteiger partial charge in [-0.1, -0.05) is 6.42 Å². The SMILES string of the molecule is CC(C)(CO)SC1CCC1. The lowest BCUT2D eigenvalue weighted by atomic mass is 10.00. The zero-order valence-corrected chi connectivity index (χ0v) is 7.58. The molecule has 0 atom stereocenters. The van der Waals surface area contributed by atoms with Gasteiger partial charge in [-0.05, 0) is 26.7 Å². The second-order valence-electron chi connectivity index (χ2n) is 3.59. The highest BCUT2D eigenvalue weighted by atomic mass is 32.2. The lowest BCUT2D eigenvalue weighted by Gasteiger charge is -2.32. The highest BCUT2D eigenvalue weighted by Crippen LogP contribution is 2.38. The van der Waals surface area contributed by atoms with E-state index in [1.54, 1.807) is 0 Å². The van der Waals surface area contributed by atoms with Crippen molar-refractivity contribution in [2.45, 2.75) is 43.1 Å². The Morgan fingerprint density at radius 2 is 2.10 bits per heavy atom. The highest BCUT2D eigenvalue weighted by Gasteiger charge is 2.26. The summed E-state index contributed by atoms with van der Waals surface area (Å²) in [6.45, 7) is 4.51. The number of hydrogen-bond acceptors (Lipinski definition) is 2. The number of aliphatic hydroxyl groups excluding tert-OH is 1. The van der Waals surface area contributed by atoms with Crippen LogP contribution < -0.4 is 0 Å². The second kappa shape index (κ2) is 3.14. The number of thioether (sulfide) groups is 1. The summed E-state index contributed by atoms with van der Waals surface area (Å²) in [5.41, 5.74) is 0. The first-order chi connectivity index (χ1) is 4.64. The minimum atomic E-state index is 0.0884. The highest BCUT2D eigenvalue weighted by molar-refractivity contribution is 8.01. The molecule has 0 aromatic carbocycles. The molecule has 1 saturated carbocycles. The summed E-state index contributed by atoms with van der Waals surface area (Å²) < 4.78 is 0.0884. The van der Waals surface area contributed by atoms with E-state index in [0.29, 0.717) is 6.61 Å². The van der Waals surface area contributed by atoms with Crippen LogP contribution in [0.2, 0.25) is 0 Å². The van der Waals surface area contributed by atoms with Crippen LogP contribution >= 0.6 is 11.8 Å². The average molecular weight is 160 g/mol. The van der Waals surface area contributed by atoms with Crippen LogP contribution in [-0.4, -0.2) is 21.7 Å². The maximum absolute atomic E-state index is 8.94. The van der Waals surface area contributed by atoms with E-state index in [1.807, 2.05) is 11.8 Å². The molecule has 0 spiro atoms. The molecule has 1 rings (SSSR count). The standard InChI is InChI=1S/C8H16OS/c1-8(2,6-9)10-7-4-3-5-7/h7,9H,3-6H2,1-2H3. The molecule has 0 unspecified atom stereocenters. The van der Waals surface area contributed by atoms with Gasteiger partial charge in [-0.3, -0.25) is 0 Å². The zero-order chi connectivity index (χ0) is 7.61. The molecule has 0 amide bonds. The van der Waals surface area contributed by atoms with Gasteiger partial charge in [-0.2, -0.15) is 0 Å². The molecule has 60 valence electrons. The van der Waals surface area contributed by atoms with Gasteiger partial charge in [0.05, 0.1) is 6.61 Å². The Morgan fingerprint density at radius 3 is 2.40 bits per heavy atom. The number of hydrogen-bond donors (Lipinski definition) is 1. The third kappa shape index (κ3) is 2.17. The Bertz CT molecular complexity index is 108. The van der Waals surface area contributed by atoms with E-state index in [2.05, 4.69) is 13.8 Å². The third-order valence-electron chi connectivity index (χ3n) is 1.92. The molecular formula is C8H16OS. The summed E-state index contributed by atoms with van der Waals surface area (Å²) >= 11 is 1.94. The van der Waals surface area contributed by atoms with Crippen molar-refractivity contribution in [3.8, 4) is 0 Å². The molecule has 1 aliphatic carbocycles. The monoisotopic (exact) mass is 160 g/mol. The Morgan fingerprint density at radius 1 is 1.50 bits per heavy atom. The molecule has 1 fully saturated rings. The first-order valence-corrected chi connectivity index (χ1v) is 4.81. The van der Waals surface area contributed by atoms with Gasteiger partial charge in [-0.15, -0.1) is 11.8 Å². The normalized spacial score (nSPS) is 20.7. The summed E-state index contributed by atoms with van der Waals surface area (Å²) in [4.78, 5) is 0. The molecule has 1 nitrogen and oxygen atoms in total. The molecule has 2 heteroatoms. The van der Waals surface area contributed by atoms with Crippen LogP contribution in [0.4, 0.5) is 0 Å². The summed E-state index contributed by atoms with van der Waals surface area (Å²) in [6, 6.07) is 0. The fourth-order valence-electron chi connectivity index (χ4n) is 0.977. The summed E-state index contributed by atoms with van der Waals surface area (Å²) in [5, 5.41) is 9.78. The molecule has 0 saturated heterocycles. The van der Waals surface area contributed by atoms with Crippen LogP contribution in [0, 0.1) is 0 Å². The fraction of sp³-hybridized carbons (Fsp3) is 1.00. The largest absolute Gasteiger partial charge is 0.395 e. The van der Waals surface area contributed by atoms with E-state index in [1.165, 1.54) is 19.3 Å². The van der Waals surface area contributed by atoms with Gasteiger partial charge in [0.25, 0.3) is 0 Å². The molecule has 0 aromatic rings. The summed E-state index contributed by atoms with van der Waals surface area (Å²) in [5.74, 6) is 0. The average Bonchev–Trinajstić information content (AvgIpc) is 1.80. The van der Waals surface area contributed by atoms with E-state index >= 15 is 0 Å². The fourth-order valence-corrected chi connectivity index (χ4v) is 2.52. The van der Waals surface area contributed by atoms with Crippen LogP contribution in [0.1, 0.15) is 33.1 Å². The van der Waals surface area contributed by atoms with E-state index in [-0.39, 0.29) is 4.75 Å². The predicted octanol–water partition coefficient (Wildman–Crippen LogP) is 2.04. The minimum absolute atomic E-state index is 0.0884. The predicted molar refractivity (Wildman–Crippen MR) is 46.4 cm³/mol. The quantitative estimate of drug-likeness (QED) is 0.682. The van der Waals surface area contributed by atoms with Crippen molar-refractivity contribution in [2.24, 2.45) is 0 Å². The van der Waals surface area contributed by atoms with Crippen molar-refractivity contribution < 1.29 is 5.11 Å². The van der Waals surface area contributed by atoms with Crippen molar-refractivity contribution in [3.63, 3.8) is 0 Å². The molecule has 0 aromatic heterocycles. The molecular weight excluding hydrogens is 144 g/mol. The minimum Gasteiger partial charge on any atom is -0.395 e. The van der Waals surface area contributed by atoms with Gasteiger partial charge < -0.3 is 5.11 Å². The maximum atomic E-state index is 8.94. The van der Waals surface area contributed by atoms with Gasteiger partial charge in [0.15, 0.2) is 0 Å². The maximum Gasteiger partial charge on any atom is 0.0572 e. The van der Waals surface area contributed by atoms with Gasteiger partial charge in [-0.25, -0.2) is 0 Å². The van der Waals surface area contributed by atoms with E-state index < -0.39 is 0 Å². The first-order valence-electron chi connectivity index (χ1n) is 3.93. The molecule has 0 heterocycles. The van der Waals surface area contributed by atoms with E-state index in [0.717, 1.165) is 5.25 Å².